The van der Waals surface area contributed by atoms with Crippen molar-refractivity contribution in [2.24, 2.45) is 0 Å². The average Bonchev–Trinajstić information content (AvgIpc) is 2.79. The Labute approximate surface area is 205 Å². The number of benzene rings is 2. The van der Waals surface area contributed by atoms with Crippen LogP contribution in [0.3, 0.4) is 0 Å². The fourth-order valence-corrected chi connectivity index (χ4v) is 4.81. The van der Waals surface area contributed by atoms with Crippen molar-refractivity contribution in [3.63, 3.8) is 0 Å². The summed E-state index contributed by atoms with van der Waals surface area (Å²) in [7, 11) is 0. The molecule has 2 aromatic rings. The number of piperazine rings is 1. The van der Waals surface area contributed by atoms with Gasteiger partial charge in [-0.15, -0.1) is 0 Å². The lowest BCUT2D eigenvalue weighted by Crippen LogP contribution is -2.54. The Balaban J connectivity index is 1.58. The lowest BCUT2D eigenvalue weighted by molar-refractivity contribution is -0.139. The summed E-state index contributed by atoms with van der Waals surface area (Å²) in [5.74, 6) is -0.434. The lowest BCUT2D eigenvalue weighted by Gasteiger charge is -2.42. The van der Waals surface area contributed by atoms with Crippen LogP contribution in [0.15, 0.2) is 59.8 Å². The van der Waals surface area contributed by atoms with Crippen molar-refractivity contribution in [3.05, 3.63) is 76.0 Å². The third kappa shape index (κ3) is 5.37. The van der Waals surface area contributed by atoms with Crippen molar-refractivity contribution >= 4 is 29.3 Å². The van der Waals surface area contributed by atoms with Gasteiger partial charge in [0.05, 0.1) is 18.2 Å². The molecule has 2 heterocycles. The molecule has 8 heteroatoms. The Bertz CT molecular complexity index is 1090. The van der Waals surface area contributed by atoms with Crippen LogP contribution < -0.4 is 15.5 Å². The first-order valence-electron chi connectivity index (χ1n) is 11.6. The van der Waals surface area contributed by atoms with Crippen LogP contribution in [0.2, 0.25) is 5.02 Å². The number of rotatable bonds is 6. The summed E-state index contributed by atoms with van der Waals surface area (Å²) in [4.78, 5) is 30.3. The average molecular weight is 483 g/mol. The molecule has 0 aromatic heterocycles. The number of anilines is 1. The molecular formula is C26H31ClN4O3. The number of nitrogens with zero attached hydrogens (tertiary/aromatic N) is 2. The standard InChI is InChI=1S/C26H31ClN4O3/c1-4-34-25(32)23-22(28-26(33)29-24(23)19-8-10-20(27)11-9-19)16-30-12-13-31(18(3)15-30)21-7-5-6-17(2)14-21/h5-11,14,18,24H,4,12-13,15-16H2,1-3H3,(H2,28,29,33)/t18-,24+/m1/s1. The lowest BCUT2D eigenvalue weighted by atomic mass is 9.95. The molecule has 0 unspecified atom stereocenters. The van der Waals surface area contributed by atoms with Gasteiger partial charge in [-0.25, -0.2) is 9.59 Å². The highest BCUT2D eigenvalue weighted by Gasteiger charge is 2.35. The Kier molecular flexibility index (Phi) is 7.44. The number of hydrogen-bond acceptors (Lipinski definition) is 5. The maximum atomic E-state index is 13.0. The quantitative estimate of drug-likeness (QED) is 0.608. The normalized spacial score (nSPS) is 21.2. The van der Waals surface area contributed by atoms with E-state index in [9.17, 15) is 9.59 Å². The molecule has 2 amide bonds. The molecule has 0 aliphatic carbocycles. The van der Waals surface area contributed by atoms with E-state index >= 15 is 0 Å². The molecular weight excluding hydrogens is 452 g/mol. The summed E-state index contributed by atoms with van der Waals surface area (Å²) in [6, 6.07) is 15.0. The van der Waals surface area contributed by atoms with Crippen LogP contribution >= 0.6 is 11.6 Å². The number of hydrogen-bond donors (Lipinski definition) is 2. The number of nitrogens with one attached hydrogen (secondary N) is 2. The molecule has 4 rings (SSSR count). The van der Waals surface area contributed by atoms with Gasteiger partial charge < -0.3 is 20.3 Å². The number of esters is 1. The van der Waals surface area contributed by atoms with Crippen LogP contribution in [0, 0.1) is 6.92 Å². The van der Waals surface area contributed by atoms with E-state index in [1.54, 1.807) is 19.1 Å². The number of amides is 2. The van der Waals surface area contributed by atoms with Crippen LogP contribution in [0.5, 0.6) is 0 Å². The van der Waals surface area contributed by atoms with Crippen LogP contribution in [-0.4, -0.2) is 55.7 Å². The van der Waals surface area contributed by atoms with Gasteiger partial charge in [-0.1, -0.05) is 35.9 Å². The van der Waals surface area contributed by atoms with Gasteiger partial charge in [0, 0.05) is 48.6 Å². The van der Waals surface area contributed by atoms with E-state index in [0.717, 1.165) is 25.2 Å². The van der Waals surface area contributed by atoms with Crippen molar-refractivity contribution in [1.29, 1.82) is 0 Å². The van der Waals surface area contributed by atoms with Gasteiger partial charge in [-0.3, -0.25) is 4.90 Å². The minimum atomic E-state index is -0.605. The minimum absolute atomic E-state index is 0.253. The Morgan fingerprint density at radius 2 is 1.94 bits per heavy atom. The molecule has 2 N–H and O–H groups in total. The third-order valence-electron chi connectivity index (χ3n) is 6.28. The molecule has 1 saturated heterocycles. The predicted molar refractivity (Wildman–Crippen MR) is 134 cm³/mol. The summed E-state index contributed by atoms with van der Waals surface area (Å²) in [5.41, 5.74) is 4.24. The summed E-state index contributed by atoms with van der Waals surface area (Å²) < 4.78 is 5.38. The largest absolute Gasteiger partial charge is 0.463 e. The van der Waals surface area contributed by atoms with Crippen LogP contribution in [0.4, 0.5) is 10.5 Å². The first kappa shape index (κ1) is 24.1. The van der Waals surface area contributed by atoms with Gasteiger partial charge >= 0.3 is 12.0 Å². The molecule has 2 aliphatic heterocycles. The Morgan fingerprint density at radius 3 is 2.62 bits per heavy atom. The first-order valence-corrected chi connectivity index (χ1v) is 12.0. The first-order chi connectivity index (χ1) is 16.4. The minimum Gasteiger partial charge on any atom is -0.463 e. The van der Waals surface area contributed by atoms with Crippen molar-refractivity contribution in [1.82, 2.24) is 15.5 Å². The van der Waals surface area contributed by atoms with Gasteiger partial charge in [0.2, 0.25) is 0 Å². The number of halogens is 1. The molecule has 2 aliphatic rings. The summed E-state index contributed by atoms with van der Waals surface area (Å²) >= 11 is 6.05. The van der Waals surface area contributed by atoms with E-state index < -0.39 is 12.0 Å². The second kappa shape index (κ2) is 10.5. The zero-order valence-corrected chi connectivity index (χ0v) is 20.6. The molecule has 0 radical (unpaired) electrons. The monoisotopic (exact) mass is 482 g/mol. The van der Waals surface area contributed by atoms with E-state index in [4.69, 9.17) is 16.3 Å². The summed E-state index contributed by atoms with van der Waals surface area (Å²) in [6.45, 7) is 9.27. The molecule has 0 spiro atoms. The van der Waals surface area contributed by atoms with Gasteiger partial charge in [0.1, 0.15) is 0 Å². The van der Waals surface area contributed by atoms with Crippen molar-refractivity contribution in [2.75, 3.05) is 37.7 Å². The van der Waals surface area contributed by atoms with Gasteiger partial charge in [-0.2, -0.15) is 0 Å². The van der Waals surface area contributed by atoms with Crippen molar-refractivity contribution in [3.8, 4) is 0 Å². The van der Waals surface area contributed by atoms with Crippen molar-refractivity contribution in [2.45, 2.75) is 32.9 Å². The SMILES string of the molecule is CCOC(=O)C1=C(CN2CCN(c3cccc(C)c3)[C@H](C)C2)NC(=O)N[C@H]1c1ccc(Cl)cc1. The summed E-state index contributed by atoms with van der Waals surface area (Å²) in [6.07, 6.45) is 0. The number of carbonyl (C=O) groups excluding carboxylic acids is 2. The second-order valence-electron chi connectivity index (χ2n) is 8.81. The molecule has 0 saturated carbocycles. The highest BCUT2D eigenvalue weighted by atomic mass is 35.5. The zero-order valence-electron chi connectivity index (χ0n) is 19.8. The van der Waals surface area contributed by atoms with Crippen LogP contribution in [0.1, 0.15) is 31.0 Å². The maximum absolute atomic E-state index is 13.0. The van der Waals surface area contributed by atoms with E-state index in [1.165, 1.54) is 11.3 Å². The molecule has 180 valence electrons. The van der Waals surface area contributed by atoms with Crippen molar-refractivity contribution < 1.29 is 14.3 Å². The van der Waals surface area contributed by atoms with Crippen LogP contribution in [0.25, 0.3) is 0 Å². The summed E-state index contributed by atoms with van der Waals surface area (Å²) in [5, 5.41) is 6.34. The van der Waals surface area contributed by atoms with Gasteiger partial charge in [-0.05, 0) is 56.2 Å². The number of carbonyl (C=O) groups is 2. The van der Waals surface area contributed by atoms with E-state index in [2.05, 4.69) is 58.5 Å². The van der Waals surface area contributed by atoms with Gasteiger partial charge in [0.15, 0.2) is 0 Å². The number of ether oxygens (including phenoxy) is 1. The van der Waals surface area contributed by atoms with Crippen LogP contribution in [-0.2, 0) is 9.53 Å². The second-order valence-corrected chi connectivity index (χ2v) is 9.25. The number of aryl methyl sites for hydroxylation is 1. The molecule has 2 aromatic carbocycles. The highest BCUT2D eigenvalue weighted by Crippen LogP contribution is 2.30. The predicted octanol–water partition coefficient (Wildman–Crippen LogP) is 4.03. The van der Waals surface area contributed by atoms with E-state index in [-0.39, 0.29) is 18.7 Å². The smallest absolute Gasteiger partial charge is 0.338 e. The Hall–Kier alpha value is -3.03. The molecule has 2 atom stereocenters. The third-order valence-corrected chi connectivity index (χ3v) is 6.53. The molecule has 1 fully saturated rings. The fraction of sp³-hybridized carbons (Fsp3) is 0.385. The van der Waals surface area contributed by atoms with E-state index in [0.29, 0.717) is 22.8 Å². The molecule has 7 nitrogen and oxygen atoms in total. The highest BCUT2D eigenvalue weighted by molar-refractivity contribution is 6.30. The zero-order chi connectivity index (χ0) is 24.2. The molecule has 34 heavy (non-hydrogen) atoms. The topological polar surface area (TPSA) is 73.9 Å². The molecule has 0 bridgehead atoms. The van der Waals surface area contributed by atoms with Gasteiger partial charge in [0.25, 0.3) is 0 Å². The number of urea groups is 1. The fourth-order valence-electron chi connectivity index (χ4n) is 4.69. The Morgan fingerprint density at radius 1 is 1.18 bits per heavy atom. The van der Waals surface area contributed by atoms with E-state index in [1.807, 2.05) is 12.1 Å². The maximum Gasteiger partial charge on any atom is 0.338 e.